The van der Waals surface area contributed by atoms with E-state index in [-0.39, 0.29) is 19.1 Å². The van der Waals surface area contributed by atoms with Crippen LogP contribution in [0.4, 0.5) is 0 Å². The molecule has 0 N–H and O–H groups in total. The zero-order chi connectivity index (χ0) is 20.8. The summed E-state index contributed by atoms with van der Waals surface area (Å²) in [7, 11) is 0. The van der Waals surface area contributed by atoms with E-state index in [9.17, 15) is 9.59 Å². The fraction of sp³-hybridized carbons (Fsp3) is 0.591. The van der Waals surface area contributed by atoms with Gasteiger partial charge >= 0.3 is 11.9 Å². The van der Waals surface area contributed by atoms with Gasteiger partial charge in [-0.05, 0) is 63.1 Å². The third-order valence-corrected chi connectivity index (χ3v) is 5.54. The molecule has 0 amide bonds. The minimum Gasteiger partial charge on any atom is -0.464 e. The number of rotatable bonds is 6. The van der Waals surface area contributed by atoms with Gasteiger partial charge in [0, 0.05) is 5.92 Å². The molecule has 1 aromatic rings. The molecule has 0 bridgehead atoms. The molecule has 1 saturated heterocycles. The number of hydrogen-bond donors (Lipinski definition) is 0. The molecule has 7 heteroatoms. The van der Waals surface area contributed by atoms with E-state index < -0.39 is 30.4 Å². The van der Waals surface area contributed by atoms with Gasteiger partial charge in [0.2, 0.25) is 0 Å². The van der Waals surface area contributed by atoms with Gasteiger partial charge in [-0.1, -0.05) is 12.1 Å². The summed E-state index contributed by atoms with van der Waals surface area (Å²) in [5.41, 5.74) is 1.88. The first-order valence-electron chi connectivity index (χ1n) is 10.2. The van der Waals surface area contributed by atoms with E-state index in [0.717, 1.165) is 25.7 Å². The van der Waals surface area contributed by atoms with Crippen LogP contribution in [-0.4, -0.2) is 43.7 Å². The largest absolute Gasteiger partial charge is 0.464 e. The quantitative estimate of drug-likeness (QED) is 0.676. The van der Waals surface area contributed by atoms with E-state index in [1.54, 1.807) is 13.8 Å². The summed E-state index contributed by atoms with van der Waals surface area (Å²) in [6, 6.07) is 9.86. The number of benzene rings is 1. The lowest BCUT2D eigenvalue weighted by atomic mass is 9.78. The molecular weight excluding hydrogens is 374 g/mol. The summed E-state index contributed by atoms with van der Waals surface area (Å²) in [6.45, 7) is 3.81. The fourth-order valence-corrected chi connectivity index (χ4v) is 4.05. The van der Waals surface area contributed by atoms with Gasteiger partial charge in [-0.3, -0.25) is 0 Å². The number of carbonyl (C=O) groups excluding carboxylic acids is 2. The van der Waals surface area contributed by atoms with Crippen molar-refractivity contribution >= 4 is 11.9 Å². The Morgan fingerprint density at radius 2 is 1.48 bits per heavy atom. The van der Waals surface area contributed by atoms with Crippen molar-refractivity contribution in [3.8, 4) is 6.07 Å². The number of carbonyl (C=O) groups is 2. The molecule has 2 aliphatic rings. The Balaban J connectivity index is 1.61. The highest BCUT2D eigenvalue weighted by atomic mass is 16.8. The van der Waals surface area contributed by atoms with Gasteiger partial charge in [-0.2, -0.15) is 5.26 Å². The van der Waals surface area contributed by atoms with E-state index in [0.29, 0.717) is 11.5 Å². The first-order valence-corrected chi connectivity index (χ1v) is 10.2. The maximum Gasteiger partial charge on any atom is 0.338 e. The molecule has 1 heterocycles. The van der Waals surface area contributed by atoms with Crippen molar-refractivity contribution < 1.29 is 28.5 Å². The average molecular weight is 401 g/mol. The average Bonchev–Trinajstić information content (AvgIpc) is 3.20. The standard InChI is InChI=1S/C22H27NO6/c1-3-26-20(24)18-19(21(25)27-4-2)29-22(28-18)17-11-9-16(10-12-17)15-7-5-14(13-23)6-8-15/h5-8,16-19,22H,3-4,9-12H2,1-2H3/t16?,17?,18-,19-/m1/s1. The summed E-state index contributed by atoms with van der Waals surface area (Å²) in [5, 5.41) is 8.94. The minimum absolute atomic E-state index is 0.0981. The van der Waals surface area contributed by atoms with Crippen LogP contribution >= 0.6 is 0 Å². The van der Waals surface area contributed by atoms with E-state index in [1.807, 2.05) is 24.3 Å². The van der Waals surface area contributed by atoms with Crippen LogP contribution in [0.3, 0.4) is 0 Å². The van der Waals surface area contributed by atoms with Gasteiger partial charge in [-0.25, -0.2) is 9.59 Å². The zero-order valence-corrected chi connectivity index (χ0v) is 16.8. The molecule has 1 aromatic carbocycles. The lowest BCUT2D eigenvalue weighted by Gasteiger charge is -2.31. The highest BCUT2D eigenvalue weighted by Crippen LogP contribution is 2.40. The van der Waals surface area contributed by atoms with Crippen LogP contribution in [0.2, 0.25) is 0 Å². The molecule has 29 heavy (non-hydrogen) atoms. The highest BCUT2D eigenvalue weighted by Gasteiger charge is 2.49. The topological polar surface area (TPSA) is 94.9 Å². The van der Waals surface area contributed by atoms with Crippen LogP contribution in [-0.2, 0) is 28.5 Å². The Kier molecular flexibility index (Phi) is 7.24. The van der Waals surface area contributed by atoms with Gasteiger partial charge < -0.3 is 18.9 Å². The van der Waals surface area contributed by atoms with Gasteiger partial charge in [0.15, 0.2) is 18.5 Å². The molecule has 1 aliphatic carbocycles. The molecule has 156 valence electrons. The second-order valence-corrected chi connectivity index (χ2v) is 7.33. The van der Waals surface area contributed by atoms with E-state index >= 15 is 0 Å². The number of nitrogens with zero attached hydrogens (tertiary/aromatic N) is 1. The number of esters is 2. The Bertz CT molecular complexity index is 722. The van der Waals surface area contributed by atoms with Crippen LogP contribution < -0.4 is 0 Å². The zero-order valence-electron chi connectivity index (χ0n) is 16.8. The molecule has 0 spiro atoms. The number of ether oxygens (including phenoxy) is 4. The first kappa shape index (κ1) is 21.3. The van der Waals surface area contributed by atoms with Gasteiger partial charge in [0.05, 0.1) is 24.8 Å². The summed E-state index contributed by atoms with van der Waals surface area (Å²) in [4.78, 5) is 24.4. The van der Waals surface area contributed by atoms with Crippen LogP contribution in [0.5, 0.6) is 0 Å². The maximum absolute atomic E-state index is 12.2. The third-order valence-electron chi connectivity index (χ3n) is 5.54. The molecule has 7 nitrogen and oxygen atoms in total. The molecule has 0 radical (unpaired) electrons. The molecule has 0 aromatic heterocycles. The lowest BCUT2D eigenvalue weighted by molar-refractivity contribution is -0.163. The summed E-state index contributed by atoms with van der Waals surface area (Å²) < 4.78 is 21.7. The fourth-order valence-electron chi connectivity index (χ4n) is 4.05. The molecular formula is C22H27NO6. The van der Waals surface area contributed by atoms with Crippen molar-refractivity contribution in [3.05, 3.63) is 35.4 Å². The Hall–Kier alpha value is -2.43. The smallest absolute Gasteiger partial charge is 0.338 e. The molecule has 1 aliphatic heterocycles. The van der Waals surface area contributed by atoms with Crippen molar-refractivity contribution in [3.63, 3.8) is 0 Å². The molecule has 2 fully saturated rings. The number of hydrogen-bond acceptors (Lipinski definition) is 7. The Labute approximate surface area is 170 Å². The number of nitriles is 1. The van der Waals surface area contributed by atoms with Crippen molar-refractivity contribution in [1.82, 2.24) is 0 Å². The lowest BCUT2D eigenvalue weighted by Crippen LogP contribution is -2.39. The molecule has 0 unspecified atom stereocenters. The second-order valence-electron chi connectivity index (χ2n) is 7.33. The maximum atomic E-state index is 12.2. The van der Waals surface area contributed by atoms with Crippen LogP contribution in [0.25, 0.3) is 0 Å². The van der Waals surface area contributed by atoms with Crippen molar-refractivity contribution in [2.24, 2.45) is 5.92 Å². The minimum atomic E-state index is -1.09. The monoisotopic (exact) mass is 401 g/mol. The van der Waals surface area contributed by atoms with Crippen molar-refractivity contribution in [2.45, 2.75) is 63.9 Å². The summed E-state index contributed by atoms with van der Waals surface area (Å²) in [5.74, 6) is -0.679. The first-order chi connectivity index (χ1) is 14.1. The highest BCUT2D eigenvalue weighted by molar-refractivity contribution is 5.86. The van der Waals surface area contributed by atoms with E-state index in [1.165, 1.54) is 5.56 Å². The Morgan fingerprint density at radius 3 is 1.93 bits per heavy atom. The van der Waals surface area contributed by atoms with Crippen LogP contribution in [0.15, 0.2) is 24.3 Å². The van der Waals surface area contributed by atoms with Gasteiger partial charge in [0.25, 0.3) is 0 Å². The third kappa shape index (κ3) is 4.95. The predicted molar refractivity (Wildman–Crippen MR) is 103 cm³/mol. The van der Waals surface area contributed by atoms with Crippen LogP contribution in [0, 0.1) is 17.2 Å². The molecule has 2 atom stereocenters. The van der Waals surface area contributed by atoms with E-state index in [2.05, 4.69) is 6.07 Å². The van der Waals surface area contributed by atoms with Gasteiger partial charge in [0.1, 0.15) is 0 Å². The van der Waals surface area contributed by atoms with Crippen molar-refractivity contribution in [1.29, 1.82) is 5.26 Å². The SMILES string of the molecule is CCOC(=O)[C@@H]1OC(C2CCC(c3ccc(C#N)cc3)CC2)O[C@H]1C(=O)OCC. The normalized spacial score (nSPS) is 27.2. The van der Waals surface area contributed by atoms with Crippen molar-refractivity contribution in [2.75, 3.05) is 13.2 Å². The Morgan fingerprint density at radius 1 is 0.966 bits per heavy atom. The molecule has 1 saturated carbocycles. The summed E-state index contributed by atoms with van der Waals surface area (Å²) in [6.07, 6.45) is 0.828. The van der Waals surface area contributed by atoms with Crippen LogP contribution in [0.1, 0.15) is 56.6 Å². The molecule has 3 rings (SSSR count). The van der Waals surface area contributed by atoms with E-state index in [4.69, 9.17) is 24.2 Å². The summed E-state index contributed by atoms with van der Waals surface area (Å²) >= 11 is 0. The van der Waals surface area contributed by atoms with Gasteiger partial charge in [-0.15, -0.1) is 0 Å². The predicted octanol–water partition coefficient (Wildman–Crippen LogP) is 3.07. The second kappa shape index (κ2) is 9.86.